The second kappa shape index (κ2) is 29.8. The number of nitrogens with zero attached hydrogens (tertiary/aromatic N) is 2. The van der Waals surface area contributed by atoms with E-state index < -0.39 is 48.1 Å². The molecule has 0 unspecified atom stereocenters. The Kier molecular flexibility index (Phi) is 23.7. The largest absolute Gasteiger partial charge is 0.496 e. The number of hydrogen-bond acceptors (Lipinski definition) is 17. The van der Waals surface area contributed by atoms with Crippen molar-refractivity contribution in [2.45, 2.75) is 43.4 Å². The van der Waals surface area contributed by atoms with Gasteiger partial charge in [-0.3, -0.25) is 33.6 Å². The van der Waals surface area contributed by atoms with Crippen LogP contribution >= 0.6 is 24.4 Å². The predicted molar refractivity (Wildman–Crippen MR) is 261 cm³/mol. The first-order chi connectivity index (χ1) is 33.4. The number of amides is 7. The summed E-state index contributed by atoms with van der Waals surface area (Å²) in [5, 5.41) is 23.8. The number of hydrogen-bond donors (Lipinski definition) is 11. The molecule has 23 nitrogen and oxygen atoms in total. The van der Waals surface area contributed by atoms with Gasteiger partial charge in [0.1, 0.15) is 42.1 Å². The third-order valence-corrected chi connectivity index (χ3v) is 10.8. The Morgan fingerprint density at radius 1 is 0.797 bits per heavy atom. The molecule has 0 saturated heterocycles. The van der Waals surface area contributed by atoms with Crippen LogP contribution in [0.2, 0.25) is 0 Å². The number of fused-ring (bicyclic) bond motifs is 1. The monoisotopic (exact) mass is 996 g/mol. The summed E-state index contributed by atoms with van der Waals surface area (Å²) < 4.78 is 23.4. The van der Waals surface area contributed by atoms with Gasteiger partial charge in [-0.15, -0.1) is 12.6 Å². The van der Waals surface area contributed by atoms with Gasteiger partial charge in [-0.1, -0.05) is 11.8 Å². The van der Waals surface area contributed by atoms with E-state index in [9.17, 15) is 33.6 Å². The van der Waals surface area contributed by atoms with Crippen LogP contribution in [0.3, 0.4) is 0 Å². The highest BCUT2D eigenvalue weighted by Crippen LogP contribution is 2.27. The molecular weight excluding hydrogens is 937 g/mol. The van der Waals surface area contributed by atoms with E-state index in [1.54, 1.807) is 36.2 Å². The molecule has 2 aromatic carbocycles. The molecular formula is C44H60N12O11S2. The minimum atomic E-state index is -0.886. The first kappa shape index (κ1) is 54.8. The van der Waals surface area contributed by atoms with Crippen molar-refractivity contribution < 1.29 is 52.5 Å². The quantitative estimate of drug-likeness (QED) is 0.0245. The Hall–Kier alpha value is -6.80. The molecule has 12 N–H and O–H groups in total. The van der Waals surface area contributed by atoms with Crippen molar-refractivity contribution in [1.29, 1.82) is 0 Å². The van der Waals surface area contributed by atoms with E-state index in [4.69, 9.17) is 30.4 Å². The van der Waals surface area contributed by atoms with Gasteiger partial charge in [-0.2, -0.15) is 0 Å². The average molecular weight is 997 g/mol. The van der Waals surface area contributed by atoms with Crippen LogP contribution in [-0.2, 0) is 35.2 Å². The number of thiol groups is 1. The van der Waals surface area contributed by atoms with Gasteiger partial charge in [0.2, 0.25) is 17.7 Å². The Morgan fingerprint density at radius 2 is 1.42 bits per heavy atom. The summed E-state index contributed by atoms with van der Waals surface area (Å²) >= 11 is 5.48. The van der Waals surface area contributed by atoms with Crippen LogP contribution in [0, 0.1) is 0 Å². The van der Waals surface area contributed by atoms with Crippen molar-refractivity contribution in [3.05, 3.63) is 82.9 Å². The molecule has 0 fully saturated rings. The number of carbonyl (C=O) groups is 7. The van der Waals surface area contributed by atoms with E-state index in [0.29, 0.717) is 43.8 Å². The van der Waals surface area contributed by atoms with E-state index in [1.807, 2.05) is 4.57 Å². The molecule has 0 aliphatic carbocycles. The number of anilines is 2. The van der Waals surface area contributed by atoms with Crippen LogP contribution in [-0.4, -0.2) is 136 Å². The number of unbranched alkanes of at least 4 members (excludes halogenated alkanes) is 1. The Bertz CT molecular complexity index is 2290. The maximum Gasteiger partial charge on any atom is 0.275 e. The molecule has 1 aromatic heterocycles. The zero-order valence-electron chi connectivity index (χ0n) is 38.4. The smallest absolute Gasteiger partial charge is 0.275 e. The molecule has 3 aromatic rings. The normalized spacial score (nSPS) is 12.3. The standard InChI is InChI=1S/C44H60N12O11S2/c1-64-35-9-7-28(52-41(61)32(46)24-47-16-20-68)22-30(35)39(59)51-15-19-67-27-38(58)54-33(42(62)49-13-5-11-45)6-3-4-12-48-37(57)26-66-18-14-50-40(60)31-23-29(8-10-36(31)65-2)53-43(63)34-25-56-17-21-69-44(56)55-34/h7-10,16,20,22-25,33,47,68H,3-6,11-15,17-19,21,26-27,45-46H2,1-2H3,(H,48,57)(H,49,62)(H,50,60)(H,51,59)(H,52,61)(H,53,63)(H,54,58)/b20-16-,32-24-/t33-/m0/s1. The maximum atomic E-state index is 13.0. The van der Waals surface area contributed by atoms with Crippen LogP contribution in [0.15, 0.2) is 71.3 Å². The Morgan fingerprint density at radius 3 is 2.03 bits per heavy atom. The molecule has 0 radical (unpaired) electrons. The van der Waals surface area contributed by atoms with Gasteiger partial charge in [0.25, 0.3) is 23.6 Å². The highest BCUT2D eigenvalue weighted by atomic mass is 32.2. The van der Waals surface area contributed by atoms with Crippen molar-refractivity contribution >= 4 is 77.1 Å². The van der Waals surface area contributed by atoms with Crippen molar-refractivity contribution in [3.63, 3.8) is 0 Å². The first-order valence-corrected chi connectivity index (χ1v) is 23.3. The molecule has 374 valence electrons. The first-order valence-electron chi connectivity index (χ1n) is 21.8. The minimum absolute atomic E-state index is 0.0190. The van der Waals surface area contributed by atoms with Gasteiger partial charge in [0.05, 0.1) is 38.6 Å². The molecule has 0 spiro atoms. The lowest BCUT2D eigenvalue weighted by molar-refractivity contribution is -0.131. The number of imidazole rings is 1. The van der Waals surface area contributed by atoms with Gasteiger partial charge in [0.15, 0.2) is 5.16 Å². The maximum absolute atomic E-state index is 13.0. The fourth-order valence-electron chi connectivity index (χ4n) is 6.28. The second-order valence-electron chi connectivity index (χ2n) is 14.8. The number of aromatic nitrogens is 2. The van der Waals surface area contributed by atoms with E-state index in [-0.39, 0.29) is 85.7 Å². The summed E-state index contributed by atoms with van der Waals surface area (Å²) in [4.78, 5) is 93.7. The van der Waals surface area contributed by atoms with Crippen LogP contribution in [0.1, 0.15) is 56.9 Å². The van der Waals surface area contributed by atoms with E-state index in [2.05, 4.69) is 60.1 Å². The fraction of sp³-hybridized carbons (Fsp3) is 0.409. The van der Waals surface area contributed by atoms with Crippen molar-refractivity contribution in [3.8, 4) is 11.5 Å². The SMILES string of the molecule is COc1ccc(NC(=O)c2cn3c(n2)SCC3)cc1C(=O)NCCOCC(=O)NCCCC[C@H](NC(=O)COCCNC(=O)c1cc(NC(=O)/C(N)=C/N/C=C\S)ccc1OC)C(=O)NCCCN. The lowest BCUT2D eigenvalue weighted by Gasteiger charge is -2.19. The summed E-state index contributed by atoms with van der Waals surface area (Å²) in [5.74, 6) is -1.89. The second-order valence-corrected chi connectivity index (χ2v) is 16.1. The number of aryl methyl sites for hydroxylation is 1. The molecule has 1 atom stereocenters. The van der Waals surface area contributed by atoms with Gasteiger partial charge in [-0.05, 0) is 74.0 Å². The molecule has 69 heavy (non-hydrogen) atoms. The van der Waals surface area contributed by atoms with Gasteiger partial charge < -0.3 is 77.5 Å². The van der Waals surface area contributed by atoms with E-state index in [0.717, 1.165) is 17.5 Å². The van der Waals surface area contributed by atoms with Crippen LogP contribution < -0.4 is 63.5 Å². The zero-order valence-corrected chi connectivity index (χ0v) is 40.1. The summed E-state index contributed by atoms with van der Waals surface area (Å²) in [6, 6.07) is 8.27. The van der Waals surface area contributed by atoms with Crippen molar-refractivity contribution in [1.82, 2.24) is 41.5 Å². The number of nitrogens with two attached hydrogens (primary N) is 2. The topological polar surface area (TPSA) is 323 Å². The molecule has 7 amide bonds. The van der Waals surface area contributed by atoms with Crippen molar-refractivity contribution in [2.75, 3.05) is 89.8 Å². The summed E-state index contributed by atoms with van der Waals surface area (Å²) in [5.41, 5.74) is 12.5. The predicted octanol–water partition coefficient (Wildman–Crippen LogP) is 0.417. The molecule has 4 rings (SSSR count). The molecule has 0 saturated carbocycles. The van der Waals surface area contributed by atoms with Gasteiger partial charge in [0, 0.05) is 68.4 Å². The fourth-order valence-corrected chi connectivity index (χ4v) is 7.31. The van der Waals surface area contributed by atoms with Gasteiger partial charge >= 0.3 is 0 Å². The minimum Gasteiger partial charge on any atom is -0.496 e. The highest BCUT2D eigenvalue weighted by molar-refractivity contribution is 7.99. The molecule has 0 bridgehead atoms. The van der Waals surface area contributed by atoms with Crippen LogP contribution in [0.4, 0.5) is 11.4 Å². The number of carbonyl (C=O) groups excluding carboxylic acids is 7. The Labute approximate surface area is 408 Å². The van der Waals surface area contributed by atoms with Crippen molar-refractivity contribution in [2.24, 2.45) is 11.5 Å². The molecule has 1 aliphatic heterocycles. The molecule has 2 heterocycles. The van der Waals surface area contributed by atoms with Crippen LogP contribution in [0.25, 0.3) is 0 Å². The number of methoxy groups -OCH3 is 2. The lowest BCUT2D eigenvalue weighted by atomic mass is 10.1. The number of rotatable bonds is 30. The van der Waals surface area contributed by atoms with Crippen LogP contribution in [0.5, 0.6) is 11.5 Å². The van der Waals surface area contributed by atoms with E-state index in [1.165, 1.54) is 50.2 Å². The van der Waals surface area contributed by atoms with E-state index >= 15 is 0 Å². The Balaban J connectivity index is 1.12. The lowest BCUT2D eigenvalue weighted by Crippen LogP contribution is -2.48. The number of thioether (sulfide) groups is 1. The number of nitrogens with one attached hydrogen (secondary N) is 8. The molecule has 1 aliphatic rings. The summed E-state index contributed by atoms with van der Waals surface area (Å²) in [7, 11) is 2.82. The molecule has 25 heteroatoms. The number of benzene rings is 2. The average Bonchev–Trinajstić information content (AvgIpc) is 3.97. The number of ether oxygens (including phenoxy) is 4. The summed E-state index contributed by atoms with van der Waals surface area (Å²) in [6.45, 7) is 1.21. The van der Waals surface area contributed by atoms with Gasteiger partial charge in [-0.25, -0.2) is 4.98 Å². The highest BCUT2D eigenvalue weighted by Gasteiger charge is 2.22. The third-order valence-electron chi connectivity index (χ3n) is 9.72. The third kappa shape index (κ3) is 18.7. The zero-order chi connectivity index (χ0) is 50.0. The summed E-state index contributed by atoms with van der Waals surface area (Å²) in [6.07, 6.45) is 6.20.